The molecule has 0 aliphatic heterocycles. The van der Waals surface area contributed by atoms with Crippen LogP contribution in [0.5, 0.6) is 0 Å². The SMILES string of the molecule is CC(N)C(Sc1n[nH]c(=O)n1C)c1cccs1. The van der Waals surface area contributed by atoms with Gasteiger partial charge in [0.15, 0.2) is 5.16 Å². The van der Waals surface area contributed by atoms with Crippen molar-refractivity contribution in [3.8, 4) is 0 Å². The molecule has 0 radical (unpaired) electrons. The highest BCUT2D eigenvalue weighted by atomic mass is 32.2. The first-order chi connectivity index (χ1) is 8.09. The van der Waals surface area contributed by atoms with Gasteiger partial charge in [-0.15, -0.1) is 16.4 Å². The standard InChI is InChI=1S/C10H14N4OS2/c1-6(11)8(7-4-3-5-16-7)17-10-13-12-9(15)14(10)2/h3-6,8H,11H2,1-2H3,(H,12,15). The fourth-order valence-corrected chi connectivity index (χ4v) is 3.54. The maximum Gasteiger partial charge on any atom is 0.343 e. The van der Waals surface area contributed by atoms with Crippen molar-refractivity contribution in [2.75, 3.05) is 0 Å². The van der Waals surface area contributed by atoms with Crippen molar-refractivity contribution >= 4 is 23.1 Å². The van der Waals surface area contributed by atoms with Gasteiger partial charge in [0.2, 0.25) is 0 Å². The molecule has 0 fully saturated rings. The van der Waals surface area contributed by atoms with E-state index in [2.05, 4.69) is 16.3 Å². The topological polar surface area (TPSA) is 76.7 Å². The second-order valence-corrected chi connectivity index (χ2v) is 5.87. The summed E-state index contributed by atoms with van der Waals surface area (Å²) < 4.78 is 1.49. The molecule has 7 heteroatoms. The monoisotopic (exact) mass is 270 g/mol. The highest BCUT2D eigenvalue weighted by Gasteiger charge is 2.21. The van der Waals surface area contributed by atoms with Crippen LogP contribution >= 0.6 is 23.1 Å². The van der Waals surface area contributed by atoms with E-state index in [9.17, 15) is 4.79 Å². The van der Waals surface area contributed by atoms with Gasteiger partial charge in [0, 0.05) is 18.0 Å². The van der Waals surface area contributed by atoms with Crippen LogP contribution in [0, 0.1) is 0 Å². The Bertz CT molecular complexity index is 529. The number of hydrogen-bond donors (Lipinski definition) is 2. The lowest BCUT2D eigenvalue weighted by Gasteiger charge is -2.17. The van der Waals surface area contributed by atoms with Gasteiger partial charge in [-0.05, 0) is 18.4 Å². The van der Waals surface area contributed by atoms with Crippen molar-refractivity contribution in [3.63, 3.8) is 0 Å². The molecule has 5 nitrogen and oxygen atoms in total. The number of nitrogens with one attached hydrogen (secondary N) is 1. The van der Waals surface area contributed by atoms with E-state index in [1.54, 1.807) is 18.4 Å². The Hall–Kier alpha value is -1.05. The lowest BCUT2D eigenvalue weighted by atomic mass is 10.2. The fraction of sp³-hybridized carbons (Fsp3) is 0.400. The van der Waals surface area contributed by atoms with Crippen molar-refractivity contribution in [1.82, 2.24) is 14.8 Å². The predicted molar refractivity (Wildman–Crippen MR) is 70.4 cm³/mol. The van der Waals surface area contributed by atoms with E-state index in [4.69, 9.17) is 5.73 Å². The zero-order chi connectivity index (χ0) is 12.4. The number of rotatable bonds is 4. The summed E-state index contributed by atoms with van der Waals surface area (Å²) in [5.41, 5.74) is 5.79. The Balaban J connectivity index is 2.25. The van der Waals surface area contributed by atoms with Gasteiger partial charge in [0.1, 0.15) is 0 Å². The highest BCUT2D eigenvalue weighted by Crippen LogP contribution is 2.37. The van der Waals surface area contributed by atoms with E-state index in [0.29, 0.717) is 5.16 Å². The van der Waals surface area contributed by atoms with Gasteiger partial charge < -0.3 is 5.73 Å². The van der Waals surface area contributed by atoms with Crippen LogP contribution in [0.4, 0.5) is 0 Å². The molecule has 2 atom stereocenters. The van der Waals surface area contributed by atoms with E-state index < -0.39 is 0 Å². The third-order valence-corrected chi connectivity index (χ3v) is 4.99. The third-order valence-electron chi connectivity index (χ3n) is 2.37. The number of nitrogens with two attached hydrogens (primary N) is 1. The number of hydrogen-bond acceptors (Lipinski definition) is 5. The van der Waals surface area contributed by atoms with E-state index in [1.165, 1.54) is 21.2 Å². The van der Waals surface area contributed by atoms with E-state index in [1.807, 2.05) is 18.4 Å². The number of H-pyrrole nitrogens is 1. The Kier molecular flexibility index (Phi) is 3.70. The molecule has 0 aromatic carbocycles. The molecule has 2 heterocycles. The second-order valence-electron chi connectivity index (χ2n) is 3.78. The highest BCUT2D eigenvalue weighted by molar-refractivity contribution is 7.99. The molecule has 0 amide bonds. The van der Waals surface area contributed by atoms with Crippen molar-refractivity contribution in [3.05, 3.63) is 32.9 Å². The summed E-state index contributed by atoms with van der Waals surface area (Å²) in [7, 11) is 1.70. The summed E-state index contributed by atoms with van der Waals surface area (Å²) in [6.45, 7) is 1.96. The molecule has 2 unspecified atom stereocenters. The molecule has 2 aromatic heterocycles. The number of aromatic nitrogens is 3. The van der Waals surface area contributed by atoms with E-state index in [-0.39, 0.29) is 17.0 Å². The molecule has 0 saturated carbocycles. The molecule has 2 rings (SSSR count). The Morgan fingerprint density at radius 3 is 2.88 bits per heavy atom. The summed E-state index contributed by atoms with van der Waals surface area (Å²) in [5.74, 6) is 0. The molecule has 0 spiro atoms. The molecule has 92 valence electrons. The minimum absolute atomic E-state index is 0.00884. The molecular weight excluding hydrogens is 256 g/mol. The van der Waals surface area contributed by atoms with Crippen LogP contribution in [0.1, 0.15) is 17.1 Å². The molecule has 0 saturated heterocycles. The molecule has 3 N–H and O–H groups in total. The summed E-state index contributed by atoms with van der Waals surface area (Å²) >= 11 is 3.17. The Morgan fingerprint density at radius 2 is 2.41 bits per heavy atom. The summed E-state index contributed by atoms with van der Waals surface area (Å²) in [6, 6.07) is 4.04. The van der Waals surface area contributed by atoms with Crippen molar-refractivity contribution in [2.45, 2.75) is 23.4 Å². The van der Waals surface area contributed by atoms with Crippen molar-refractivity contribution in [2.24, 2.45) is 12.8 Å². The molecule has 0 bridgehead atoms. The van der Waals surface area contributed by atoms with E-state index >= 15 is 0 Å². The normalized spacial score (nSPS) is 14.8. The van der Waals surface area contributed by atoms with Gasteiger partial charge in [-0.25, -0.2) is 9.89 Å². The first-order valence-electron chi connectivity index (χ1n) is 5.16. The van der Waals surface area contributed by atoms with Gasteiger partial charge in [-0.1, -0.05) is 17.8 Å². The largest absolute Gasteiger partial charge is 0.343 e. The van der Waals surface area contributed by atoms with Gasteiger partial charge in [0.25, 0.3) is 0 Å². The lowest BCUT2D eigenvalue weighted by Crippen LogP contribution is -2.22. The molecule has 0 aliphatic rings. The maximum absolute atomic E-state index is 11.3. The average Bonchev–Trinajstić information content (AvgIpc) is 2.89. The maximum atomic E-state index is 11.3. The molecular formula is C10H14N4OS2. The average molecular weight is 270 g/mol. The smallest absolute Gasteiger partial charge is 0.327 e. The van der Waals surface area contributed by atoms with E-state index in [0.717, 1.165) is 0 Å². The van der Waals surface area contributed by atoms with Crippen molar-refractivity contribution in [1.29, 1.82) is 0 Å². The number of nitrogens with zero attached hydrogens (tertiary/aromatic N) is 2. The van der Waals surface area contributed by atoms with Crippen LogP contribution < -0.4 is 11.4 Å². The van der Waals surface area contributed by atoms with Crippen LogP contribution in [-0.2, 0) is 7.05 Å². The second kappa shape index (κ2) is 5.07. The van der Waals surface area contributed by atoms with Crippen LogP contribution in [0.15, 0.2) is 27.5 Å². The van der Waals surface area contributed by atoms with Gasteiger partial charge in [-0.2, -0.15) is 0 Å². The zero-order valence-corrected chi connectivity index (χ0v) is 11.2. The lowest BCUT2D eigenvalue weighted by molar-refractivity contribution is 0.713. The zero-order valence-electron chi connectivity index (χ0n) is 9.58. The molecule has 0 aliphatic carbocycles. The van der Waals surface area contributed by atoms with Crippen LogP contribution in [0.25, 0.3) is 0 Å². The van der Waals surface area contributed by atoms with Gasteiger partial charge in [-0.3, -0.25) is 4.57 Å². The number of thiophene rings is 1. The summed E-state index contributed by atoms with van der Waals surface area (Å²) in [6.07, 6.45) is 0. The van der Waals surface area contributed by atoms with Crippen molar-refractivity contribution < 1.29 is 0 Å². The van der Waals surface area contributed by atoms with Crippen LogP contribution in [0.2, 0.25) is 0 Å². The summed E-state index contributed by atoms with van der Waals surface area (Å²) in [5, 5.41) is 9.21. The van der Waals surface area contributed by atoms with Crippen LogP contribution in [-0.4, -0.2) is 20.8 Å². The quantitative estimate of drug-likeness (QED) is 0.822. The first kappa shape index (κ1) is 12.4. The van der Waals surface area contributed by atoms with Gasteiger partial charge >= 0.3 is 5.69 Å². The molecule has 2 aromatic rings. The predicted octanol–water partition coefficient (Wildman–Crippen LogP) is 1.35. The Labute approximate surface area is 107 Å². The Morgan fingerprint density at radius 1 is 1.65 bits per heavy atom. The van der Waals surface area contributed by atoms with Gasteiger partial charge in [0.05, 0.1) is 5.25 Å². The molecule has 17 heavy (non-hydrogen) atoms. The summed E-state index contributed by atoms with van der Waals surface area (Å²) in [4.78, 5) is 12.5. The third kappa shape index (κ3) is 2.62. The minimum atomic E-state index is -0.206. The number of aromatic amines is 1. The number of thioether (sulfide) groups is 1. The van der Waals surface area contributed by atoms with Crippen LogP contribution in [0.3, 0.4) is 0 Å². The fourth-order valence-electron chi connectivity index (χ4n) is 1.43. The first-order valence-corrected chi connectivity index (χ1v) is 6.92. The minimum Gasteiger partial charge on any atom is -0.327 e.